The average Bonchev–Trinajstić information content (AvgIpc) is 3.25. The van der Waals surface area contributed by atoms with Crippen molar-refractivity contribution in [3.8, 4) is 17.3 Å². The van der Waals surface area contributed by atoms with E-state index in [1.54, 1.807) is 22.3 Å². The average molecular weight is 323 g/mol. The lowest BCUT2D eigenvalue weighted by atomic mass is 10.3. The molecular weight excluding hydrogens is 310 g/mol. The van der Waals surface area contributed by atoms with Gasteiger partial charge in [-0.1, -0.05) is 13.0 Å². The van der Waals surface area contributed by atoms with Crippen LogP contribution in [0.25, 0.3) is 15.9 Å². The molecule has 0 saturated heterocycles. The second-order valence-corrected chi connectivity index (χ2v) is 6.02. The van der Waals surface area contributed by atoms with E-state index in [9.17, 15) is 0 Å². The molecule has 0 unspecified atom stereocenters. The third-order valence-corrected chi connectivity index (χ3v) is 4.60. The van der Waals surface area contributed by atoms with Crippen LogP contribution in [0.4, 0.5) is 0 Å². The Labute approximate surface area is 136 Å². The SMILES string of the molecule is CCc1cc2c(Oc3cccc(-n4cncn4)c3)ncnc2s1. The maximum Gasteiger partial charge on any atom is 0.231 e. The zero-order valence-corrected chi connectivity index (χ0v) is 13.2. The molecular formula is C16H13N5OS. The number of aromatic nitrogens is 5. The minimum absolute atomic E-state index is 0.571. The van der Waals surface area contributed by atoms with Gasteiger partial charge in [-0.15, -0.1) is 11.3 Å². The molecule has 0 amide bonds. The van der Waals surface area contributed by atoms with Crippen LogP contribution >= 0.6 is 11.3 Å². The van der Waals surface area contributed by atoms with Crippen molar-refractivity contribution < 1.29 is 4.74 Å². The monoisotopic (exact) mass is 323 g/mol. The molecule has 23 heavy (non-hydrogen) atoms. The van der Waals surface area contributed by atoms with Gasteiger partial charge in [0.15, 0.2) is 0 Å². The molecule has 0 fully saturated rings. The second-order valence-electron chi connectivity index (χ2n) is 4.90. The number of benzene rings is 1. The minimum atomic E-state index is 0.571. The second kappa shape index (κ2) is 5.77. The standard InChI is InChI=1S/C16H13N5OS/c1-2-13-7-14-15(18-9-19-16(14)23-13)22-12-5-3-4-11(6-12)21-10-17-8-20-21/h3-10H,2H2,1H3. The molecule has 0 aliphatic rings. The van der Waals surface area contributed by atoms with Crippen molar-refractivity contribution in [3.63, 3.8) is 0 Å². The fourth-order valence-electron chi connectivity index (χ4n) is 2.28. The van der Waals surface area contributed by atoms with E-state index < -0.39 is 0 Å². The predicted octanol–water partition coefficient (Wildman–Crippen LogP) is 3.63. The molecule has 0 atom stereocenters. The maximum absolute atomic E-state index is 5.98. The van der Waals surface area contributed by atoms with Crippen LogP contribution in [-0.4, -0.2) is 24.7 Å². The largest absolute Gasteiger partial charge is 0.438 e. The molecule has 0 aliphatic carbocycles. The Kier molecular flexibility index (Phi) is 3.47. The Morgan fingerprint density at radius 3 is 2.96 bits per heavy atom. The van der Waals surface area contributed by atoms with E-state index in [2.05, 4.69) is 33.0 Å². The zero-order valence-electron chi connectivity index (χ0n) is 12.4. The van der Waals surface area contributed by atoms with Gasteiger partial charge in [0, 0.05) is 10.9 Å². The number of hydrogen-bond acceptors (Lipinski definition) is 6. The molecule has 0 spiro atoms. The normalized spacial score (nSPS) is 11.0. The zero-order chi connectivity index (χ0) is 15.6. The molecule has 7 heteroatoms. The molecule has 3 aromatic heterocycles. The van der Waals surface area contributed by atoms with Crippen LogP contribution < -0.4 is 4.74 Å². The van der Waals surface area contributed by atoms with Crippen LogP contribution in [-0.2, 0) is 6.42 Å². The molecule has 0 bridgehead atoms. The van der Waals surface area contributed by atoms with Gasteiger partial charge in [0.25, 0.3) is 0 Å². The molecule has 4 aromatic rings. The summed E-state index contributed by atoms with van der Waals surface area (Å²) in [5.74, 6) is 1.27. The van der Waals surface area contributed by atoms with Crippen LogP contribution in [0.3, 0.4) is 0 Å². The van der Waals surface area contributed by atoms with E-state index >= 15 is 0 Å². The summed E-state index contributed by atoms with van der Waals surface area (Å²) in [6, 6.07) is 9.74. The smallest absolute Gasteiger partial charge is 0.231 e. The van der Waals surface area contributed by atoms with Crippen molar-refractivity contribution in [3.05, 3.63) is 54.2 Å². The van der Waals surface area contributed by atoms with Gasteiger partial charge in [0.2, 0.25) is 5.88 Å². The number of rotatable bonds is 4. The fourth-order valence-corrected chi connectivity index (χ4v) is 3.21. The highest BCUT2D eigenvalue weighted by Gasteiger charge is 2.10. The molecule has 114 valence electrons. The lowest BCUT2D eigenvalue weighted by Crippen LogP contribution is -1.95. The van der Waals surface area contributed by atoms with E-state index in [-0.39, 0.29) is 0 Å². The van der Waals surface area contributed by atoms with Crippen molar-refractivity contribution >= 4 is 21.6 Å². The third kappa shape index (κ3) is 2.66. The number of thiophene rings is 1. The maximum atomic E-state index is 5.98. The predicted molar refractivity (Wildman–Crippen MR) is 88.2 cm³/mol. The van der Waals surface area contributed by atoms with Gasteiger partial charge in [0.05, 0.1) is 11.1 Å². The van der Waals surface area contributed by atoms with Crippen LogP contribution in [0.2, 0.25) is 0 Å². The molecule has 0 aliphatic heterocycles. The number of ether oxygens (including phenoxy) is 1. The highest BCUT2D eigenvalue weighted by atomic mass is 32.1. The van der Waals surface area contributed by atoms with E-state index in [0.29, 0.717) is 11.6 Å². The van der Waals surface area contributed by atoms with Crippen LogP contribution in [0.5, 0.6) is 11.6 Å². The first-order valence-electron chi connectivity index (χ1n) is 7.20. The summed E-state index contributed by atoms with van der Waals surface area (Å²) in [6.45, 7) is 2.13. The van der Waals surface area contributed by atoms with Crippen molar-refractivity contribution in [1.82, 2.24) is 24.7 Å². The molecule has 3 heterocycles. The van der Waals surface area contributed by atoms with Gasteiger partial charge in [-0.2, -0.15) is 5.10 Å². The van der Waals surface area contributed by atoms with Crippen LogP contribution in [0, 0.1) is 0 Å². The Balaban J connectivity index is 1.71. The van der Waals surface area contributed by atoms with Crippen molar-refractivity contribution in [2.45, 2.75) is 13.3 Å². The van der Waals surface area contributed by atoms with E-state index in [0.717, 1.165) is 22.3 Å². The van der Waals surface area contributed by atoms with E-state index in [4.69, 9.17) is 4.74 Å². The highest BCUT2D eigenvalue weighted by molar-refractivity contribution is 7.18. The van der Waals surface area contributed by atoms with Gasteiger partial charge in [-0.3, -0.25) is 0 Å². The van der Waals surface area contributed by atoms with Crippen molar-refractivity contribution in [2.75, 3.05) is 0 Å². The molecule has 0 saturated carbocycles. The first-order chi connectivity index (χ1) is 11.3. The number of hydrogen-bond donors (Lipinski definition) is 0. The van der Waals surface area contributed by atoms with E-state index in [1.165, 1.54) is 17.5 Å². The van der Waals surface area contributed by atoms with Crippen LogP contribution in [0.15, 0.2) is 49.3 Å². The Hall–Kier alpha value is -2.80. The number of fused-ring (bicyclic) bond motifs is 1. The molecule has 0 N–H and O–H groups in total. The molecule has 4 rings (SSSR count). The summed E-state index contributed by atoms with van der Waals surface area (Å²) in [6.07, 6.45) is 5.66. The first kappa shape index (κ1) is 13.8. The highest BCUT2D eigenvalue weighted by Crippen LogP contribution is 2.32. The Bertz CT molecular complexity index is 948. The number of aryl methyl sites for hydroxylation is 1. The fraction of sp³-hybridized carbons (Fsp3) is 0.125. The summed E-state index contributed by atoms with van der Waals surface area (Å²) in [4.78, 5) is 14.8. The topological polar surface area (TPSA) is 65.7 Å². The summed E-state index contributed by atoms with van der Waals surface area (Å²) in [5, 5.41) is 5.07. The molecule has 0 radical (unpaired) electrons. The Morgan fingerprint density at radius 2 is 2.13 bits per heavy atom. The van der Waals surface area contributed by atoms with Crippen molar-refractivity contribution in [2.24, 2.45) is 0 Å². The molecule has 1 aromatic carbocycles. The summed E-state index contributed by atoms with van der Waals surface area (Å²) < 4.78 is 7.66. The van der Waals surface area contributed by atoms with Crippen molar-refractivity contribution in [1.29, 1.82) is 0 Å². The first-order valence-corrected chi connectivity index (χ1v) is 8.01. The van der Waals surface area contributed by atoms with E-state index in [1.807, 2.05) is 24.3 Å². The third-order valence-electron chi connectivity index (χ3n) is 3.41. The summed E-state index contributed by atoms with van der Waals surface area (Å²) in [5.41, 5.74) is 0.880. The quantitative estimate of drug-likeness (QED) is 0.574. The van der Waals surface area contributed by atoms with Gasteiger partial charge in [0.1, 0.15) is 29.6 Å². The lowest BCUT2D eigenvalue weighted by Gasteiger charge is -2.07. The minimum Gasteiger partial charge on any atom is -0.438 e. The summed E-state index contributed by atoms with van der Waals surface area (Å²) in [7, 11) is 0. The van der Waals surface area contributed by atoms with Gasteiger partial charge in [-0.05, 0) is 24.6 Å². The Morgan fingerprint density at radius 1 is 1.17 bits per heavy atom. The van der Waals surface area contributed by atoms with Gasteiger partial charge >= 0.3 is 0 Å². The van der Waals surface area contributed by atoms with Gasteiger partial charge in [-0.25, -0.2) is 19.6 Å². The number of nitrogens with zero attached hydrogens (tertiary/aromatic N) is 5. The molecule has 6 nitrogen and oxygen atoms in total. The summed E-state index contributed by atoms with van der Waals surface area (Å²) >= 11 is 1.67. The van der Waals surface area contributed by atoms with Gasteiger partial charge < -0.3 is 4.74 Å². The lowest BCUT2D eigenvalue weighted by molar-refractivity contribution is 0.468. The van der Waals surface area contributed by atoms with Crippen LogP contribution in [0.1, 0.15) is 11.8 Å².